The van der Waals surface area contributed by atoms with E-state index in [4.69, 9.17) is 9.47 Å². The van der Waals surface area contributed by atoms with Gasteiger partial charge in [0.2, 0.25) is 0 Å². The molecule has 4 nitrogen and oxygen atoms in total. The van der Waals surface area contributed by atoms with Gasteiger partial charge in [-0.05, 0) is 25.6 Å². The molecule has 2 atom stereocenters. The number of rotatable bonds is 4. The minimum Gasteiger partial charge on any atom is -0.490 e. The van der Waals surface area contributed by atoms with Crippen molar-refractivity contribution in [2.75, 3.05) is 27.3 Å². The Morgan fingerprint density at radius 3 is 2.78 bits per heavy atom. The fourth-order valence-electron chi connectivity index (χ4n) is 2.02. The Morgan fingerprint density at radius 2 is 2.22 bits per heavy atom. The van der Waals surface area contributed by atoms with Crippen molar-refractivity contribution in [3.63, 3.8) is 0 Å². The molecule has 0 bridgehead atoms. The Kier molecular flexibility index (Phi) is 8.27. The zero-order valence-corrected chi connectivity index (χ0v) is 12.2. The zero-order chi connectivity index (χ0) is 11.4. The van der Waals surface area contributed by atoms with Crippen molar-refractivity contribution in [3.05, 3.63) is 24.5 Å². The first-order valence-electron chi connectivity index (χ1n) is 5.55. The van der Waals surface area contributed by atoms with Crippen LogP contribution in [0.2, 0.25) is 0 Å². The van der Waals surface area contributed by atoms with Gasteiger partial charge >= 0.3 is 0 Å². The molecule has 1 unspecified atom stereocenters. The van der Waals surface area contributed by atoms with Gasteiger partial charge < -0.3 is 9.47 Å². The number of likely N-dealkylation sites (tertiary alicyclic amines) is 1. The molecule has 0 N–H and O–H groups in total. The first-order valence-corrected chi connectivity index (χ1v) is 5.55. The molecule has 0 spiro atoms. The monoisotopic (exact) mass is 294 g/mol. The lowest BCUT2D eigenvalue weighted by Gasteiger charge is -2.18. The van der Waals surface area contributed by atoms with Crippen molar-refractivity contribution >= 4 is 24.8 Å². The van der Waals surface area contributed by atoms with Crippen molar-refractivity contribution in [2.45, 2.75) is 18.6 Å². The molecule has 1 aliphatic rings. The van der Waals surface area contributed by atoms with E-state index in [9.17, 15) is 0 Å². The lowest BCUT2D eigenvalue weighted by Crippen LogP contribution is -2.30. The Bertz CT molecular complexity index is 327. The van der Waals surface area contributed by atoms with Gasteiger partial charge in [0, 0.05) is 25.9 Å². The van der Waals surface area contributed by atoms with Gasteiger partial charge in [0.05, 0.1) is 12.3 Å². The molecule has 1 aromatic heterocycles. The van der Waals surface area contributed by atoms with Crippen molar-refractivity contribution < 1.29 is 9.47 Å². The highest BCUT2D eigenvalue weighted by atomic mass is 35.5. The average molecular weight is 295 g/mol. The number of aromatic nitrogens is 1. The van der Waals surface area contributed by atoms with Gasteiger partial charge in [0.15, 0.2) is 0 Å². The molecule has 0 aliphatic carbocycles. The van der Waals surface area contributed by atoms with Gasteiger partial charge in [-0.2, -0.15) is 0 Å². The normalized spacial score (nSPS) is 23.0. The van der Waals surface area contributed by atoms with Crippen LogP contribution in [0.1, 0.15) is 6.42 Å². The van der Waals surface area contributed by atoms with E-state index in [1.54, 1.807) is 19.5 Å². The van der Waals surface area contributed by atoms with E-state index >= 15 is 0 Å². The van der Waals surface area contributed by atoms with Gasteiger partial charge in [-0.3, -0.25) is 9.88 Å². The molecule has 18 heavy (non-hydrogen) atoms. The number of hydrogen-bond donors (Lipinski definition) is 0. The summed E-state index contributed by atoms with van der Waals surface area (Å²) in [6, 6.07) is 4.24. The number of nitrogens with zero attached hydrogens (tertiary/aromatic N) is 2. The topological polar surface area (TPSA) is 34.6 Å². The van der Waals surface area contributed by atoms with Crippen molar-refractivity contribution in [1.82, 2.24) is 9.88 Å². The third-order valence-electron chi connectivity index (χ3n) is 3.06. The third kappa shape index (κ3) is 4.61. The summed E-state index contributed by atoms with van der Waals surface area (Å²) in [7, 11) is 3.87. The fourth-order valence-corrected chi connectivity index (χ4v) is 2.02. The van der Waals surface area contributed by atoms with Crippen molar-refractivity contribution in [2.24, 2.45) is 0 Å². The molecule has 1 aliphatic heterocycles. The summed E-state index contributed by atoms with van der Waals surface area (Å²) in [6.07, 6.45) is 4.86. The van der Waals surface area contributed by atoms with Gasteiger partial charge in [-0.1, -0.05) is 0 Å². The Morgan fingerprint density at radius 1 is 1.44 bits per heavy atom. The van der Waals surface area contributed by atoms with Crippen molar-refractivity contribution in [1.29, 1.82) is 0 Å². The van der Waals surface area contributed by atoms with Crippen molar-refractivity contribution in [3.8, 4) is 5.75 Å². The maximum Gasteiger partial charge on any atom is 0.137 e. The minimum atomic E-state index is 0. The molecule has 104 valence electrons. The number of likely N-dealkylation sites (N-methyl/N-ethyl adjacent to an activating group) is 1. The van der Waals surface area contributed by atoms with Crippen LogP contribution in [0, 0.1) is 0 Å². The van der Waals surface area contributed by atoms with E-state index in [2.05, 4.69) is 16.9 Å². The molecule has 0 saturated carbocycles. The van der Waals surface area contributed by atoms with Crippen LogP contribution >= 0.6 is 24.8 Å². The highest BCUT2D eigenvalue weighted by molar-refractivity contribution is 5.85. The zero-order valence-electron chi connectivity index (χ0n) is 10.6. The Labute approximate surface area is 120 Å². The third-order valence-corrected chi connectivity index (χ3v) is 3.06. The molecule has 1 aromatic rings. The van der Waals surface area contributed by atoms with Gasteiger partial charge in [-0.25, -0.2) is 0 Å². The minimum absolute atomic E-state index is 0. The highest BCUT2D eigenvalue weighted by Crippen LogP contribution is 2.19. The summed E-state index contributed by atoms with van der Waals surface area (Å²) in [5.74, 6) is 0.830. The molecule has 0 amide bonds. The summed E-state index contributed by atoms with van der Waals surface area (Å²) in [4.78, 5) is 6.30. The second kappa shape index (κ2) is 8.53. The first-order chi connectivity index (χ1) is 7.79. The summed E-state index contributed by atoms with van der Waals surface area (Å²) in [5.41, 5.74) is 0. The molecule has 0 radical (unpaired) electrons. The van der Waals surface area contributed by atoms with Gasteiger partial charge in [0.25, 0.3) is 0 Å². The fraction of sp³-hybridized carbons (Fsp3) is 0.583. The van der Waals surface area contributed by atoms with Crippen LogP contribution in [0.5, 0.6) is 5.75 Å². The number of halogens is 2. The molecule has 2 rings (SSSR count). The Balaban J connectivity index is 0.00000144. The lowest BCUT2D eigenvalue weighted by molar-refractivity contribution is 0.111. The van der Waals surface area contributed by atoms with E-state index in [1.165, 1.54) is 0 Å². The van der Waals surface area contributed by atoms with E-state index in [0.717, 1.165) is 18.7 Å². The molecule has 0 aromatic carbocycles. The highest BCUT2D eigenvalue weighted by Gasteiger charge is 2.29. The van der Waals surface area contributed by atoms with Crippen LogP contribution in [-0.2, 0) is 4.74 Å². The number of methoxy groups -OCH3 is 1. The van der Waals surface area contributed by atoms with Crippen LogP contribution in [0.15, 0.2) is 24.5 Å². The maximum atomic E-state index is 5.69. The number of hydrogen-bond acceptors (Lipinski definition) is 4. The summed E-state index contributed by atoms with van der Waals surface area (Å²) in [6.45, 7) is 1.68. The number of pyridine rings is 1. The van der Waals surface area contributed by atoms with E-state index in [1.807, 2.05) is 12.1 Å². The smallest absolute Gasteiger partial charge is 0.137 e. The largest absolute Gasteiger partial charge is 0.490 e. The first kappa shape index (κ1) is 17.4. The molecule has 1 saturated heterocycles. The van der Waals surface area contributed by atoms with E-state index in [-0.39, 0.29) is 24.8 Å². The lowest BCUT2D eigenvalue weighted by atomic mass is 10.2. The summed E-state index contributed by atoms with van der Waals surface area (Å²) >= 11 is 0. The molecular formula is C12H20Cl2N2O2. The average Bonchev–Trinajstić information content (AvgIpc) is 2.69. The molecule has 1 fully saturated rings. The predicted molar refractivity (Wildman–Crippen MR) is 76.1 cm³/mol. The van der Waals surface area contributed by atoms with Gasteiger partial charge in [-0.15, -0.1) is 24.8 Å². The molecule has 6 heteroatoms. The molecule has 2 heterocycles. The van der Waals surface area contributed by atoms with Crippen LogP contribution in [0.3, 0.4) is 0 Å². The predicted octanol–water partition coefficient (Wildman–Crippen LogP) is 2.02. The van der Waals surface area contributed by atoms with Crippen LogP contribution in [0.4, 0.5) is 0 Å². The van der Waals surface area contributed by atoms with E-state index < -0.39 is 0 Å². The SMILES string of the molecule is COC1C[C@@H](COc2cccnc2)N(C)C1.Cl.Cl. The second-order valence-electron chi connectivity index (χ2n) is 4.19. The number of ether oxygens (including phenoxy) is 2. The summed E-state index contributed by atoms with van der Waals surface area (Å²) < 4.78 is 11.0. The van der Waals surface area contributed by atoms with Crippen LogP contribution < -0.4 is 4.74 Å². The van der Waals surface area contributed by atoms with Gasteiger partial charge in [0.1, 0.15) is 12.4 Å². The standard InChI is InChI=1S/C12H18N2O2.2ClH/c1-14-8-12(15-2)6-10(14)9-16-11-4-3-5-13-7-11;;/h3-5,7,10,12H,6,8-9H2,1-2H3;2*1H/t10-,12?;;/m0../s1. The van der Waals surface area contributed by atoms with Crippen LogP contribution in [0.25, 0.3) is 0 Å². The van der Waals surface area contributed by atoms with Crippen LogP contribution in [-0.4, -0.2) is 49.3 Å². The second-order valence-corrected chi connectivity index (χ2v) is 4.19. The Hall–Kier alpha value is -0.550. The maximum absolute atomic E-state index is 5.69. The summed E-state index contributed by atoms with van der Waals surface area (Å²) in [5, 5.41) is 0. The quantitative estimate of drug-likeness (QED) is 0.851. The molecular weight excluding hydrogens is 275 g/mol. The van der Waals surface area contributed by atoms with E-state index in [0.29, 0.717) is 18.8 Å².